The average molecular weight is 362 g/mol. The highest BCUT2D eigenvalue weighted by Crippen LogP contribution is 2.25. The quantitative estimate of drug-likeness (QED) is 0.632. The van der Waals surface area contributed by atoms with Crippen molar-refractivity contribution in [1.82, 2.24) is 19.4 Å². The zero-order valence-electron chi connectivity index (χ0n) is 15.6. The Morgan fingerprint density at radius 3 is 2.11 bits per heavy atom. The van der Waals surface area contributed by atoms with Gasteiger partial charge in [-0.2, -0.15) is 0 Å². The van der Waals surface area contributed by atoms with Crippen LogP contribution in [0.3, 0.4) is 0 Å². The van der Waals surface area contributed by atoms with E-state index in [4.69, 9.17) is 4.98 Å². The lowest BCUT2D eigenvalue weighted by Crippen LogP contribution is -2.32. The third-order valence-corrected chi connectivity index (χ3v) is 5.15. The van der Waals surface area contributed by atoms with E-state index in [1.54, 1.807) is 24.3 Å². The first-order valence-corrected chi connectivity index (χ1v) is 9.25. The highest BCUT2D eigenvalue weighted by Gasteiger charge is 2.36. The molecule has 1 aliphatic heterocycles. The van der Waals surface area contributed by atoms with Crippen LogP contribution in [0.2, 0.25) is 0 Å². The minimum absolute atomic E-state index is 0.169. The van der Waals surface area contributed by atoms with Gasteiger partial charge in [0.2, 0.25) is 0 Å². The molecule has 6 heteroatoms. The van der Waals surface area contributed by atoms with Crippen molar-refractivity contribution in [2.24, 2.45) is 0 Å². The van der Waals surface area contributed by atoms with E-state index >= 15 is 0 Å². The maximum absolute atomic E-state index is 12.7. The molecule has 0 aliphatic carbocycles. The van der Waals surface area contributed by atoms with Gasteiger partial charge in [-0.15, -0.1) is 0 Å². The molecule has 0 saturated heterocycles. The first kappa shape index (κ1) is 17.4. The van der Waals surface area contributed by atoms with Crippen LogP contribution in [0.25, 0.3) is 11.0 Å². The second-order valence-electron chi connectivity index (χ2n) is 6.63. The molecule has 0 bridgehead atoms. The van der Waals surface area contributed by atoms with Crippen molar-refractivity contribution in [2.45, 2.75) is 27.1 Å². The lowest BCUT2D eigenvalue weighted by atomic mass is 10.1. The lowest BCUT2D eigenvalue weighted by molar-refractivity contribution is 0.0635. The summed E-state index contributed by atoms with van der Waals surface area (Å²) in [6.45, 7) is 6.90. The van der Waals surface area contributed by atoms with Gasteiger partial charge in [0, 0.05) is 0 Å². The van der Waals surface area contributed by atoms with Gasteiger partial charge < -0.3 is 4.57 Å². The first-order chi connectivity index (χ1) is 13.1. The maximum Gasteiger partial charge on any atom is 0.261 e. The maximum atomic E-state index is 12.7. The highest BCUT2D eigenvalue weighted by molar-refractivity contribution is 6.21. The third kappa shape index (κ3) is 2.92. The van der Waals surface area contributed by atoms with Crippen molar-refractivity contribution in [3.05, 3.63) is 65.5 Å². The number of imidazole rings is 1. The molecule has 4 rings (SSSR count). The average Bonchev–Trinajstić information content (AvgIpc) is 3.17. The number of para-hydroxylation sites is 2. The second-order valence-corrected chi connectivity index (χ2v) is 6.63. The van der Waals surface area contributed by atoms with E-state index in [9.17, 15) is 9.59 Å². The van der Waals surface area contributed by atoms with E-state index in [0.29, 0.717) is 17.8 Å². The zero-order valence-corrected chi connectivity index (χ0v) is 15.6. The number of nitrogens with zero attached hydrogens (tertiary/aromatic N) is 4. The van der Waals surface area contributed by atoms with Gasteiger partial charge >= 0.3 is 0 Å². The van der Waals surface area contributed by atoms with E-state index in [1.807, 2.05) is 24.3 Å². The van der Waals surface area contributed by atoms with Gasteiger partial charge in [0.15, 0.2) is 0 Å². The molecule has 1 aromatic heterocycles. The minimum Gasteiger partial charge on any atom is -0.313 e. The van der Waals surface area contributed by atoms with E-state index in [0.717, 1.165) is 29.9 Å². The predicted octanol–water partition coefficient (Wildman–Crippen LogP) is 3.13. The number of amides is 2. The van der Waals surface area contributed by atoms with Crippen molar-refractivity contribution in [2.75, 3.05) is 13.1 Å². The Balaban J connectivity index is 1.72. The first-order valence-electron chi connectivity index (χ1n) is 9.25. The van der Waals surface area contributed by atoms with Gasteiger partial charge in [0.05, 0.1) is 35.4 Å². The SMILES string of the molecule is CCN(CC)Cn1c(CN2C(=O)c3ccccc3C2=O)nc2ccccc21. The Labute approximate surface area is 158 Å². The number of aromatic nitrogens is 2. The highest BCUT2D eigenvalue weighted by atomic mass is 16.2. The van der Waals surface area contributed by atoms with Crippen molar-refractivity contribution < 1.29 is 9.59 Å². The van der Waals surface area contributed by atoms with Crippen molar-refractivity contribution in [3.8, 4) is 0 Å². The molecule has 1 aliphatic rings. The van der Waals surface area contributed by atoms with Crippen molar-refractivity contribution in [3.63, 3.8) is 0 Å². The summed E-state index contributed by atoms with van der Waals surface area (Å²) in [5, 5.41) is 0. The Hall–Kier alpha value is -2.99. The number of imide groups is 1. The summed E-state index contributed by atoms with van der Waals surface area (Å²) in [6, 6.07) is 14.9. The number of rotatable bonds is 6. The number of carbonyl (C=O) groups is 2. The fraction of sp³-hybridized carbons (Fsp3) is 0.286. The largest absolute Gasteiger partial charge is 0.313 e. The van der Waals surface area contributed by atoms with Crippen molar-refractivity contribution in [1.29, 1.82) is 0 Å². The Kier molecular flexibility index (Phi) is 4.49. The summed E-state index contributed by atoms with van der Waals surface area (Å²) < 4.78 is 2.10. The second kappa shape index (κ2) is 6.96. The fourth-order valence-corrected chi connectivity index (χ4v) is 3.55. The Morgan fingerprint density at radius 1 is 0.889 bits per heavy atom. The van der Waals surface area contributed by atoms with Gasteiger partial charge in [-0.25, -0.2) is 4.98 Å². The summed E-state index contributed by atoms with van der Waals surface area (Å²) in [4.78, 5) is 33.8. The number of hydrogen-bond donors (Lipinski definition) is 0. The minimum atomic E-state index is -0.253. The van der Waals surface area contributed by atoms with Gasteiger partial charge in [0.1, 0.15) is 5.82 Å². The van der Waals surface area contributed by atoms with Gasteiger partial charge in [-0.3, -0.25) is 19.4 Å². The van der Waals surface area contributed by atoms with E-state index < -0.39 is 0 Å². The van der Waals surface area contributed by atoms with Gasteiger partial charge in [-0.05, 0) is 37.4 Å². The third-order valence-electron chi connectivity index (χ3n) is 5.15. The number of hydrogen-bond acceptors (Lipinski definition) is 4. The molecule has 0 atom stereocenters. The van der Waals surface area contributed by atoms with Crippen LogP contribution >= 0.6 is 0 Å². The monoisotopic (exact) mass is 362 g/mol. The van der Waals surface area contributed by atoms with E-state index in [-0.39, 0.29) is 18.4 Å². The normalized spacial score (nSPS) is 13.8. The number of fused-ring (bicyclic) bond motifs is 2. The molecule has 2 heterocycles. The van der Waals surface area contributed by atoms with Crippen LogP contribution in [-0.2, 0) is 13.2 Å². The number of benzene rings is 2. The molecule has 0 fully saturated rings. The molecule has 27 heavy (non-hydrogen) atoms. The molecule has 2 aromatic carbocycles. The summed E-state index contributed by atoms with van der Waals surface area (Å²) in [7, 11) is 0. The summed E-state index contributed by atoms with van der Waals surface area (Å²) in [6.07, 6.45) is 0. The Morgan fingerprint density at radius 2 is 1.48 bits per heavy atom. The predicted molar refractivity (Wildman–Crippen MR) is 103 cm³/mol. The molecular formula is C21H22N4O2. The smallest absolute Gasteiger partial charge is 0.261 e. The molecule has 0 spiro atoms. The van der Waals surface area contributed by atoms with Crippen LogP contribution < -0.4 is 0 Å². The molecule has 0 N–H and O–H groups in total. The van der Waals surface area contributed by atoms with Crippen LogP contribution in [0.4, 0.5) is 0 Å². The molecular weight excluding hydrogens is 340 g/mol. The molecule has 3 aromatic rings. The van der Waals surface area contributed by atoms with Crippen LogP contribution in [0.1, 0.15) is 40.4 Å². The zero-order chi connectivity index (χ0) is 19.0. The van der Waals surface area contributed by atoms with E-state index in [2.05, 4.69) is 23.3 Å². The summed E-state index contributed by atoms with van der Waals surface area (Å²) >= 11 is 0. The Bertz CT molecular complexity index is 985. The fourth-order valence-electron chi connectivity index (χ4n) is 3.55. The van der Waals surface area contributed by atoms with E-state index in [1.165, 1.54) is 4.90 Å². The van der Waals surface area contributed by atoms with Crippen LogP contribution in [0, 0.1) is 0 Å². The van der Waals surface area contributed by atoms with Gasteiger partial charge in [0.25, 0.3) is 11.8 Å². The molecule has 0 radical (unpaired) electrons. The molecule has 6 nitrogen and oxygen atoms in total. The lowest BCUT2D eigenvalue weighted by Gasteiger charge is -2.22. The number of carbonyl (C=O) groups excluding carboxylic acids is 2. The molecule has 138 valence electrons. The van der Waals surface area contributed by atoms with Crippen LogP contribution in [0.15, 0.2) is 48.5 Å². The summed E-state index contributed by atoms with van der Waals surface area (Å²) in [5.74, 6) is 0.215. The topological polar surface area (TPSA) is 58.4 Å². The van der Waals surface area contributed by atoms with Crippen LogP contribution in [0.5, 0.6) is 0 Å². The standard InChI is InChI=1S/C21H22N4O2/c1-3-23(4-2)14-25-18-12-8-7-11-17(18)22-19(25)13-24-20(26)15-9-5-6-10-16(15)21(24)27/h5-12H,3-4,13-14H2,1-2H3. The molecule has 0 unspecified atom stereocenters. The van der Waals surface area contributed by atoms with Gasteiger partial charge in [-0.1, -0.05) is 38.1 Å². The molecule has 2 amide bonds. The summed E-state index contributed by atoms with van der Waals surface area (Å²) in [5.41, 5.74) is 2.81. The van der Waals surface area contributed by atoms with Crippen molar-refractivity contribution >= 4 is 22.8 Å². The molecule has 0 saturated carbocycles. The van der Waals surface area contributed by atoms with Crippen LogP contribution in [-0.4, -0.2) is 44.3 Å².